The van der Waals surface area contributed by atoms with Crippen LogP contribution in [0.5, 0.6) is 0 Å². The molecular weight excluding hydrogens is 403 g/mol. The molecule has 0 fully saturated rings. The van der Waals surface area contributed by atoms with Crippen LogP contribution in [0.3, 0.4) is 0 Å². The second-order valence-electron chi connectivity index (χ2n) is 6.98. The summed E-state index contributed by atoms with van der Waals surface area (Å²) >= 11 is 11.9. The van der Waals surface area contributed by atoms with Crippen molar-refractivity contribution in [2.75, 3.05) is 18.5 Å². The zero-order valence-electron chi connectivity index (χ0n) is 15.5. The second kappa shape index (κ2) is 8.57. The number of benzene rings is 1. The number of anilines is 1. The standard InChI is InChI=1S/C16H19B2Cl2N5O3/c17-16(18,27)8-28-4-3-25-13-12(7-22-25)23-15(24-14(13)26)21-6-9-1-2-10(19)11(20)5-9/h1-2,5,7,27H,3-4,6,8,17-18H2,(H2,21,23,24,26). The quantitative estimate of drug-likeness (QED) is 0.348. The van der Waals surface area contributed by atoms with Crippen molar-refractivity contribution in [3.8, 4) is 0 Å². The van der Waals surface area contributed by atoms with Crippen molar-refractivity contribution in [2.24, 2.45) is 0 Å². The van der Waals surface area contributed by atoms with Gasteiger partial charge >= 0.3 is 0 Å². The Morgan fingerprint density at radius 1 is 1.32 bits per heavy atom. The lowest BCUT2D eigenvalue weighted by molar-refractivity contribution is 0.0492. The molecule has 28 heavy (non-hydrogen) atoms. The number of H-pyrrole nitrogens is 1. The lowest BCUT2D eigenvalue weighted by atomic mass is 9.66. The molecule has 12 heteroatoms. The lowest BCUT2D eigenvalue weighted by Crippen LogP contribution is -2.35. The number of aromatic nitrogens is 4. The molecule has 0 radical (unpaired) electrons. The van der Waals surface area contributed by atoms with Gasteiger partial charge in [-0.2, -0.15) is 5.10 Å². The molecule has 0 aliphatic heterocycles. The fourth-order valence-electron chi connectivity index (χ4n) is 2.57. The highest BCUT2D eigenvalue weighted by Gasteiger charge is 2.14. The first-order valence-corrected chi connectivity index (χ1v) is 9.42. The fourth-order valence-corrected chi connectivity index (χ4v) is 2.89. The Morgan fingerprint density at radius 2 is 2.11 bits per heavy atom. The van der Waals surface area contributed by atoms with Gasteiger partial charge in [0.25, 0.3) is 5.56 Å². The van der Waals surface area contributed by atoms with E-state index < -0.39 is 5.40 Å². The molecule has 2 aromatic heterocycles. The zero-order chi connectivity index (χ0) is 20.3. The minimum atomic E-state index is -0.903. The molecule has 0 amide bonds. The number of aromatic amines is 1. The zero-order valence-corrected chi connectivity index (χ0v) is 17.0. The van der Waals surface area contributed by atoms with Crippen LogP contribution in [-0.2, 0) is 17.8 Å². The van der Waals surface area contributed by atoms with Crippen molar-refractivity contribution < 1.29 is 9.84 Å². The maximum absolute atomic E-state index is 12.5. The Labute approximate surface area is 173 Å². The summed E-state index contributed by atoms with van der Waals surface area (Å²) in [5.41, 5.74) is 1.44. The van der Waals surface area contributed by atoms with E-state index in [-0.39, 0.29) is 12.2 Å². The third-order valence-corrected chi connectivity index (χ3v) is 4.59. The number of hydrogen-bond donors (Lipinski definition) is 3. The minimum Gasteiger partial charge on any atom is -0.405 e. The van der Waals surface area contributed by atoms with E-state index >= 15 is 0 Å². The SMILES string of the molecule is BC(B)(O)COCCn1ncc2nc(NCc3ccc(Cl)c(Cl)c3)[nH]c(=O)c21. The van der Waals surface area contributed by atoms with Gasteiger partial charge < -0.3 is 15.2 Å². The van der Waals surface area contributed by atoms with Crippen molar-refractivity contribution in [2.45, 2.75) is 18.5 Å². The lowest BCUT2D eigenvalue weighted by Gasteiger charge is -2.17. The molecule has 146 valence electrons. The van der Waals surface area contributed by atoms with Crippen LogP contribution in [0, 0.1) is 0 Å². The van der Waals surface area contributed by atoms with E-state index in [4.69, 9.17) is 27.9 Å². The van der Waals surface area contributed by atoms with E-state index in [2.05, 4.69) is 20.4 Å². The summed E-state index contributed by atoms with van der Waals surface area (Å²) in [5, 5.41) is 17.0. The van der Waals surface area contributed by atoms with Crippen LogP contribution in [-0.4, -0.2) is 59.2 Å². The number of nitrogens with zero attached hydrogens (tertiary/aromatic N) is 3. The Hall–Kier alpha value is -2.00. The smallest absolute Gasteiger partial charge is 0.278 e. The van der Waals surface area contributed by atoms with Crippen LogP contribution < -0.4 is 10.9 Å². The summed E-state index contributed by atoms with van der Waals surface area (Å²) < 4.78 is 6.95. The number of ether oxygens (including phenoxy) is 1. The summed E-state index contributed by atoms with van der Waals surface area (Å²) in [6.45, 7) is 1.31. The van der Waals surface area contributed by atoms with Crippen LogP contribution in [0.2, 0.25) is 10.0 Å². The van der Waals surface area contributed by atoms with E-state index in [9.17, 15) is 9.90 Å². The molecule has 0 aliphatic carbocycles. The number of fused-ring (bicyclic) bond motifs is 1. The van der Waals surface area contributed by atoms with Crippen LogP contribution >= 0.6 is 23.2 Å². The van der Waals surface area contributed by atoms with Gasteiger partial charge in [-0.3, -0.25) is 14.5 Å². The molecular formula is C16H19B2Cl2N5O3. The molecule has 0 spiro atoms. The average Bonchev–Trinajstić information content (AvgIpc) is 3.02. The topological polar surface area (TPSA) is 105 Å². The molecule has 0 saturated heterocycles. The maximum Gasteiger partial charge on any atom is 0.278 e. The van der Waals surface area contributed by atoms with E-state index in [1.54, 1.807) is 27.8 Å². The van der Waals surface area contributed by atoms with Crippen molar-refractivity contribution in [3.05, 3.63) is 50.4 Å². The molecule has 0 atom stereocenters. The van der Waals surface area contributed by atoms with Gasteiger partial charge in [-0.1, -0.05) is 29.3 Å². The van der Waals surface area contributed by atoms with Gasteiger partial charge in [0.2, 0.25) is 5.95 Å². The minimum absolute atomic E-state index is 0.198. The molecule has 0 saturated carbocycles. The molecule has 0 bridgehead atoms. The van der Waals surface area contributed by atoms with Crippen LogP contribution in [0.15, 0.2) is 29.2 Å². The van der Waals surface area contributed by atoms with Gasteiger partial charge in [-0.25, -0.2) is 4.98 Å². The van der Waals surface area contributed by atoms with E-state index in [1.165, 1.54) is 10.9 Å². The molecule has 8 nitrogen and oxygen atoms in total. The molecule has 3 rings (SSSR count). The van der Waals surface area contributed by atoms with E-state index in [0.29, 0.717) is 46.7 Å². The van der Waals surface area contributed by atoms with Crippen molar-refractivity contribution in [1.29, 1.82) is 0 Å². The van der Waals surface area contributed by atoms with Crippen molar-refractivity contribution >= 4 is 55.9 Å². The van der Waals surface area contributed by atoms with Gasteiger partial charge in [-0.15, -0.1) is 0 Å². The van der Waals surface area contributed by atoms with Gasteiger partial charge in [-0.05, 0) is 17.7 Å². The predicted octanol–water partition coefficient (Wildman–Crippen LogP) is -0.0326. The predicted molar refractivity (Wildman–Crippen MR) is 115 cm³/mol. The Morgan fingerprint density at radius 3 is 2.82 bits per heavy atom. The Bertz CT molecular complexity index is 1040. The third kappa shape index (κ3) is 5.29. The van der Waals surface area contributed by atoms with Gasteiger partial charge in [0.1, 0.15) is 21.2 Å². The average molecular weight is 422 g/mol. The summed E-state index contributed by atoms with van der Waals surface area (Å²) in [4.78, 5) is 19.6. The number of rotatable bonds is 8. The van der Waals surface area contributed by atoms with E-state index in [1.807, 2.05) is 6.07 Å². The number of nitrogens with one attached hydrogen (secondary N) is 2. The fraction of sp³-hybridized carbons (Fsp3) is 0.312. The molecule has 3 N–H and O–H groups in total. The molecule has 1 aromatic carbocycles. The van der Waals surface area contributed by atoms with Crippen molar-refractivity contribution in [3.63, 3.8) is 0 Å². The normalized spacial score (nSPS) is 11.8. The van der Waals surface area contributed by atoms with Crippen LogP contribution in [0.4, 0.5) is 5.95 Å². The summed E-state index contributed by atoms with van der Waals surface area (Å²) in [7, 11) is 3.33. The monoisotopic (exact) mass is 421 g/mol. The maximum atomic E-state index is 12.5. The highest BCUT2D eigenvalue weighted by Crippen LogP contribution is 2.22. The number of hydrogen-bond acceptors (Lipinski definition) is 6. The molecule has 2 heterocycles. The molecule has 0 aliphatic rings. The van der Waals surface area contributed by atoms with Crippen molar-refractivity contribution in [1.82, 2.24) is 19.7 Å². The first-order valence-electron chi connectivity index (χ1n) is 8.67. The summed E-state index contributed by atoms with van der Waals surface area (Å²) in [5.74, 6) is 0.335. The highest BCUT2D eigenvalue weighted by molar-refractivity contribution is 6.42. The number of aliphatic hydroxyl groups is 1. The molecule has 3 aromatic rings. The largest absolute Gasteiger partial charge is 0.405 e. The van der Waals surface area contributed by atoms with Gasteiger partial charge in [0.05, 0.1) is 36.0 Å². The third-order valence-electron chi connectivity index (χ3n) is 3.85. The summed E-state index contributed by atoms with van der Waals surface area (Å²) in [6, 6.07) is 5.30. The van der Waals surface area contributed by atoms with Gasteiger partial charge in [0, 0.05) is 11.9 Å². The Balaban J connectivity index is 1.68. The first kappa shape index (κ1) is 20.7. The molecule has 0 unspecified atom stereocenters. The van der Waals surface area contributed by atoms with Crippen LogP contribution in [0.25, 0.3) is 11.0 Å². The highest BCUT2D eigenvalue weighted by atomic mass is 35.5. The van der Waals surface area contributed by atoms with E-state index in [0.717, 1.165) is 5.56 Å². The Kier molecular flexibility index (Phi) is 6.34. The summed E-state index contributed by atoms with van der Waals surface area (Å²) in [6.07, 6.45) is 1.53. The second-order valence-corrected chi connectivity index (χ2v) is 7.80. The van der Waals surface area contributed by atoms with Gasteiger partial charge in [0.15, 0.2) is 5.52 Å². The number of halogens is 2. The first-order chi connectivity index (χ1) is 13.2. The van der Waals surface area contributed by atoms with Crippen LogP contribution in [0.1, 0.15) is 5.56 Å².